The Kier molecular flexibility index (Phi) is 2.99. The molecule has 17 heavy (non-hydrogen) atoms. The van der Waals surface area contributed by atoms with Crippen LogP contribution >= 0.6 is 0 Å². The van der Waals surface area contributed by atoms with E-state index in [0.29, 0.717) is 22.9 Å². The van der Waals surface area contributed by atoms with Crippen molar-refractivity contribution in [2.24, 2.45) is 0 Å². The number of nitrogen functional groups attached to an aromatic ring is 1. The minimum atomic E-state index is -0.416. The van der Waals surface area contributed by atoms with Gasteiger partial charge in [-0.1, -0.05) is 13.8 Å². The molecule has 0 saturated heterocycles. The summed E-state index contributed by atoms with van der Waals surface area (Å²) in [5.41, 5.74) is 6.57. The quantitative estimate of drug-likeness (QED) is 0.863. The first-order chi connectivity index (χ1) is 8.08. The lowest BCUT2D eigenvalue weighted by atomic mass is 10.1. The average Bonchev–Trinajstić information content (AvgIpc) is 2.28. The topological polar surface area (TPSA) is 64.7 Å². The molecule has 2 rings (SSSR count). The third-order valence-electron chi connectivity index (χ3n) is 2.33. The van der Waals surface area contributed by atoms with Crippen molar-refractivity contribution in [3.05, 3.63) is 36.2 Å². The Morgan fingerprint density at radius 1 is 1.29 bits per heavy atom. The molecule has 0 aliphatic heterocycles. The summed E-state index contributed by atoms with van der Waals surface area (Å²) in [7, 11) is 0. The zero-order valence-corrected chi connectivity index (χ0v) is 9.68. The number of rotatable bonds is 2. The number of aromatic nitrogens is 3. The van der Waals surface area contributed by atoms with Crippen molar-refractivity contribution in [1.82, 2.24) is 15.0 Å². The second-order valence-electron chi connectivity index (χ2n) is 4.05. The van der Waals surface area contributed by atoms with E-state index < -0.39 is 5.82 Å². The van der Waals surface area contributed by atoms with Crippen LogP contribution in [0, 0.1) is 5.82 Å². The molecule has 0 saturated carbocycles. The van der Waals surface area contributed by atoms with Crippen molar-refractivity contribution in [1.29, 1.82) is 0 Å². The summed E-state index contributed by atoms with van der Waals surface area (Å²) in [5.74, 6) is 0.675. The molecular weight excluding hydrogens is 219 g/mol. The highest BCUT2D eigenvalue weighted by Crippen LogP contribution is 2.23. The lowest BCUT2D eigenvalue weighted by Gasteiger charge is -2.08. The highest BCUT2D eigenvalue weighted by atomic mass is 19.1. The highest BCUT2D eigenvalue weighted by Gasteiger charge is 2.11. The van der Waals surface area contributed by atoms with E-state index in [9.17, 15) is 4.39 Å². The van der Waals surface area contributed by atoms with E-state index in [2.05, 4.69) is 15.0 Å². The lowest BCUT2D eigenvalue weighted by Crippen LogP contribution is -2.03. The summed E-state index contributed by atoms with van der Waals surface area (Å²) in [4.78, 5) is 12.1. The van der Waals surface area contributed by atoms with Gasteiger partial charge in [-0.25, -0.2) is 14.4 Å². The van der Waals surface area contributed by atoms with Crippen LogP contribution in [-0.2, 0) is 0 Å². The third kappa shape index (κ3) is 2.38. The second-order valence-corrected chi connectivity index (χ2v) is 4.05. The van der Waals surface area contributed by atoms with Gasteiger partial charge in [-0.2, -0.15) is 0 Å². The van der Waals surface area contributed by atoms with Crippen LogP contribution in [-0.4, -0.2) is 15.0 Å². The zero-order chi connectivity index (χ0) is 12.4. The number of nitrogens with zero attached hydrogens (tertiary/aromatic N) is 3. The number of nitrogens with two attached hydrogens (primary N) is 1. The summed E-state index contributed by atoms with van der Waals surface area (Å²) in [6.45, 7) is 3.92. The fourth-order valence-corrected chi connectivity index (χ4v) is 1.46. The van der Waals surface area contributed by atoms with Gasteiger partial charge in [-0.05, 0) is 6.07 Å². The van der Waals surface area contributed by atoms with Crippen LogP contribution in [0.2, 0.25) is 0 Å². The molecule has 4 nitrogen and oxygen atoms in total. The minimum Gasteiger partial charge on any atom is -0.384 e. The first kappa shape index (κ1) is 11.4. The van der Waals surface area contributed by atoms with Crippen molar-refractivity contribution in [2.75, 3.05) is 5.73 Å². The Morgan fingerprint density at radius 2 is 2.06 bits per heavy atom. The van der Waals surface area contributed by atoms with Gasteiger partial charge in [0.25, 0.3) is 0 Å². The molecule has 2 aromatic rings. The Balaban J connectivity index is 2.56. The van der Waals surface area contributed by atoms with Crippen LogP contribution in [0.15, 0.2) is 24.5 Å². The molecule has 0 atom stereocenters. The first-order valence-electron chi connectivity index (χ1n) is 5.32. The molecule has 5 heteroatoms. The van der Waals surface area contributed by atoms with Crippen LogP contribution in [0.25, 0.3) is 11.3 Å². The summed E-state index contributed by atoms with van der Waals surface area (Å²) < 4.78 is 13.6. The molecular formula is C12H13FN4. The first-order valence-corrected chi connectivity index (χ1v) is 5.32. The largest absolute Gasteiger partial charge is 0.384 e. The van der Waals surface area contributed by atoms with Gasteiger partial charge in [0.05, 0.1) is 11.9 Å². The van der Waals surface area contributed by atoms with Crippen molar-refractivity contribution < 1.29 is 4.39 Å². The Labute approximate surface area is 98.7 Å². The molecule has 2 aromatic heterocycles. The Morgan fingerprint density at radius 3 is 2.71 bits per heavy atom. The minimum absolute atomic E-state index is 0.141. The van der Waals surface area contributed by atoms with Crippen LogP contribution in [0.3, 0.4) is 0 Å². The van der Waals surface area contributed by atoms with E-state index in [1.165, 1.54) is 6.20 Å². The number of hydrogen-bond donors (Lipinski definition) is 1. The van der Waals surface area contributed by atoms with Gasteiger partial charge in [-0.3, -0.25) is 4.98 Å². The standard InChI is InChI=1S/C12H13FN4/c1-7(2)12-16-10(5-11(14)17-12)8-3-4-15-6-9(8)13/h3-7H,1-2H3,(H2,14,16,17). The van der Waals surface area contributed by atoms with Gasteiger partial charge < -0.3 is 5.73 Å². The van der Waals surface area contributed by atoms with E-state index >= 15 is 0 Å². The number of pyridine rings is 1. The number of hydrogen-bond acceptors (Lipinski definition) is 4. The van der Waals surface area contributed by atoms with Crippen LogP contribution in [0.1, 0.15) is 25.6 Å². The molecule has 0 unspecified atom stereocenters. The van der Waals surface area contributed by atoms with Crippen LogP contribution in [0.4, 0.5) is 10.2 Å². The van der Waals surface area contributed by atoms with E-state index in [-0.39, 0.29) is 5.92 Å². The van der Waals surface area contributed by atoms with Crippen LogP contribution in [0.5, 0.6) is 0 Å². The SMILES string of the molecule is CC(C)c1nc(N)cc(-c2ccncc2F)n1. The molecule has 0 radical (unpaired) electrons. The molecule has 0 spiro atoms. The van der Waals surface area contributed by atoms with Crippen molar-refractivity contribution in [3.8, 4) is 11.3 Å². The molecule has 0 amide bonds. The molecule has 0 aliphatic rings. The third-order valence-corrected chi connectivity index (χ3v) is 2.33. The second kappa shape index (κ2) is 4.45. The summed E-state index contributed by atoms with van der Waals surface area (Å²) in [6, 6.07) is 3.13. The van der Waals surface area contributed by atoms with Crippen molar-refractivity contribution in [2.45, 2.75) is 19.8 Å². The predicted molar refractivity (Wildman–Crippen MR) is 63.7 cm³/mol. The Bertz CT molecular complexity index is 540. The smallest absolute Gasteiger partial charge is 0.150 e. The monoisotopic (exact) mass is 232 g/mol. The molecule has 2 N–H and O–H groups in total. The van der Waals surface area contributed by atoms with Gasteiger partial charge >= 0.3 is 0 Å². The van der Waals surface area contributed by atoms with Crippen molar-refractivity contribution in [3.63, 3.8) is 0 Å². The molecule has 88 valence electrons. The van der Waals surface area contributed by atoms with Gasteiger partial charge in [-0.15, -0.1) is 0 Å². The summed E-state index contributed by atoms with van der Waals surface area (Å²) >= 11 is 0. The summed E-state index contributed by atoms with van der Waals surface area (Å²) in [6.07, 6.45) is 2.68. The van der Waals surface area contributed by atoms with Gasteiger partial charge in [0.1, 0.15) is 11.6 Å². The van der Waals surface area contributed by atoms with E-state index in [1.807, 2.05) is 13.8 Å². The van der Waals surface area contributed by atoms with Gasteiger partial charge in [0, 0.05) is 23.7 Å². The van der Waals surface area contributed by atoms with Crippen LogP contribution < -0.4 is 5.73 Å². The maximum absolute atomic E-state index is 13.6. The van der Waals surface area contributed by atoms with E-state index in [1.54, 1.807) is 12.1 Å². The van der Waals surface area contributed by atoms with E-state index in [4.69, 9.17) is 5.73 Å². The summed E-state index contributed by atoms with van der Waals surface area (Å²) in [5, 5.41) is 0. The van der Waals surface area contributed by atoms with Crippen molar-refractivity contribution >= 4 is 5.82 Å². The zero-order valence-electron chi connectivity index (χ0n) is 9.68. The lowest BCUT2D eigenvalue weighted by molar-refractivity contribution is 0.624. The Hall–Kier alpha value is -2.04. The molecule has 0 aromatic carbocycles. The fourth-order valence-electron chi connectivity index (χ4n) is 1.46. The normalized spacial score (nSPS) is 10.8. The van der Waals surface area contributed by atoms with Gasteiger partial charge in [0.15, 0.2) is 5.82 Å². The van der Waals surface area contributed by atoms with Gasteiger partial charge in [0.2, 0.25) is 0 Å². The highest BCUT2D eigenvalue weighted by molar-refractivity contribution is 5.61. The number of halogens is 1. The molecule has 2 heterocycles. The predicted octanol–water partition coefficient (Wildman–Crippen LogP) is 2.38. The maximum Gasteiger partial charge on any atom is 0.150 e. The fraction of sp³-hybridized carbons (Fsp3) is 0.250. The number of anilines is 1. The van der Waals surface area contributed by atoms with E-state index in [0.717, 1.165) is 6.20 Å². The maximum atomic E-state index is 13.6. The molecule has 0 bridgehead atoms. The average molecular weight is 232 g/mol. The molecule has 0 fully saturated rings. The molecule has 0 aliphatic carbocycles.